The second-order valence-electron chi connectivity index (χ2n) is 3.90. The molecule has 0 aliphatic rings. The zero-order valence-electron chi connectivity index (χ0n) is 10.7. The van der Waals surface area contributed by atoms with E-state index in [2.05, 4.69) is 10.6 Å². The van der Waals surface area contributed by atoms with Crippen molar-refractivity contribution < 1.29 is 14.6 Å². The second-order valence-corrected chi connectivity index (χ2v) is 4.34. The van der Waals surface area contributed by atoms with Crippen LogP contribution in [0.1, 0.15) is 5.56 Å². The van der Waals surface area contributed by atoms with Crippen molar-refractivity contribution in [1.29, 1.82) is 0 Å². The van der Waals surface area contributed by atoms with Gasteiger partial charge in [0.2, 0.25) is 0 Å². The Morgan fingerprint density at radius 1 is 1.26 bits per heavy atom. The minimum absolute atomic E-state index is 0.00810. The Morgan fingerprint density at radius 2 is 2.05 bits per heavy atom. The molecular formula is C13H19ClN2O3. The van der Waals surface area contributed by atoms with Gasteiger partial charge in [-0.3, -0.25) is 0 Å². The monoisotopic (exact) mass is 286 g/mol. The second kappa shape index (κ2) is 9.61. The quantitative estimate of drug-likeness (QED) is 0.629. The molecule has 0 unspecified atom stereocenters. The Kier molecular flexibility index (Phi) is 7.97. The molecular weight excluding hydrogens is 268 g/mol. The van der Waals surface area contributed by atoms with E-state index in [9.17, 15) is 4.79 Å². The van der Waals surface area contributed by atoms with Crippen LogP contribution in [-0.4, -0.2) is 44.0 Å². The van der Waals surface area contributed by atoms with Crippen molar-refractivity contribution in [2.75, 3.05) is 32.9 Å². The molecule has 106 valence electrons. The lowest BCUT2D eigenvalue weighted by atomic mass is 10.1. The van der Waals surface area contributed by atoms with Crippen LogP contribution in [0.4, 0.5) is 4.79 Å². The van der Waals surface area contributed by atoms with Crippen LogP contribution in [0.3, 0.4) is 0 Å². The van der Waals surface area contributed by atoms with Gasteiger partial charge in [0, 0.05) is 18.1 Å². The zero-order valence-corrected chi connectivity index (χ0v) is 11.4. The smallest absolute Gasteiger partial charge is 0.314 e. The van der Waals surface area contributed by atoms with E-state index >= 15 is 0 Å². The van der Waals surface area contributed by atoms with Gasteiger partial charge in [-0.15, -0.1) is 0 Å². The summed E-state index contributed by atoms with van der Waals surface area (Å²) in [6.45, 7) is 1.64. The Balaban J connectivity index is 2.07. The molecule has 6 heteroatoms. The molecule has 1 rings (SSSR count). The molecule has 0 atom stereocenters. The molecule has 19 heavy (non-hydrogen) atoms. The lowest BCUT2D eigenvalue weighted by Gasteiger charge is -2.08. The van der Waals surface area contributed by atoms with Gasteiger partial charge in [0.1, 0.15) is 0 Å². The van der Waals surface area contributed by atoms with Crippen molar-refractivity contribution in [2.24, 2.45) is 0 Å². The first kappa shape index (κ1) is 15.8. The van der Waals surface area contributed by atoms with Crippen molar-refractivity contribution >= 4 is 17.6 Å². The van der Waals surface area contributed by atoms with E-state index in [1.807, 2.05) is 24.3 Å². The van der Waals surface area contributed by atoms with Crippen LogP contribution in [0.25, 0.3) is 0 Å². The molecule has 0 aliphatic heterocycles. The van der Waals surface area contributed by atoms with Crippen LogP contribution in [0.15, 0.2) is 24.3 Å². The maximum atomic E-state index is 11.4. The van der Waals surface area contributed by atoms with E-state index in [4.69, 9.17) is 21.4 Å². The molecule has 3 N–H and O–H groups in total. The summed E-state index contributed by atoms with van der Waals surface area (Å²) in [4.78, 5) is 11.4. The molecule has 0 aliphatic carbocycles. The van der Waals surface area contributed by atoms with Gasteiger partial charge in [-0.05, 0) is 24.1 Å². The molecule has 2 amide bonds. The molecule has 5 nitrogen and oxygen atoms in total. The summed E-state index contributed by atoms with van der Waals surface area (Å²) in [5.41, 5.74) is 1.08. The van der Waals surface area contributed by atoms with Crippen molar-refractivity contribution in [3.63, 3.8) is 0 Å². The third-order valence-corrected chi connectivity index (χ3v) is 2.59. The van der Waals surface area contributed by atoms with Crippen LogP contribution in [-0.2, 0) is 11.2 Å². The highest BCUT2D eigenvalue weighted by molar-refractivity contribution is 6.30. The Hall–Kier alpha value is -1.30. The lowest BCUT2D eigenvalue weighted by molar-refractivity contribution is 0.0947. The number of amides is 2. The Labute approximate surface area is 117 Å². The van der Waals surface area contributed by atoms with Gasteiger partial charge in [0.15, 0.2) is 0 Å². The van der Waals surface area contributed by atoms with Crippen LogP contribution < -0.4 is 10.6 Å². The number of urea groups is 1. The molecule has 0 fully saturated rings. The lowest BCUT2D eigenvalue weighted by Crippen LogP contribution is -2.38. The molecule has 0 saturated carbocycles. The molecule has 0 spiro atoms. The number of benzene rings is 1. The number of nitrogens with one attached hydrogen (secondary N) is 2. The van der Waals surface area contributed by atoms with Gasteiger partial charge in [-0.25, -0.2) is 4.79 Å². The average Bonchev–Trinajstić information content (AvgIpc) is 2.38. The van der Waals surface area contributed by atoms with Gasteiger partial charge in [0.25, 0.3) is 0 Å². The Bertz CT molecular complexity index is 388. The van der Waals surface area contributed by atoms with Crippen molar-refractivity contribution in [1.82, 2.24) is 10.6 Å². The van der Waals surface area contributed by atoms with Crippen LogP contribution in [0, 0.1) is 0 Å². The SMILES string of the molecule is O=C(NCCOCCO)NCCc1cccc(Cl)c1. The number of rotatable bonds is 8. The summed E-state index contributed by atoms with van der Waals surface area (Å²) in [5, 5.41) is 14.6. The fourth-order valence-corrected chi connectivity index (χ4v) is 1.69. The number of hydrogen-bond acceptors (Lipinski definition) is 3. The number of halogens is 1. The van der Waals surface area contributed by atoms with Gasteiger partial charge < -0.3 is 20.5 Å². The number of carbonyl (C=O) groups is 1. The molecule has 0 saturated heterocycles. The van der Waals surface area contributed by atoms with E-state index in [0.29, 0.717) is 24.7 Å². The van der Waals surface area contributed by atoms with Crippen LogP contribution in [0.5, 0.6) is 0 Å². The average molecular weight is 287 g/mol. The number of aliphatic hydroxyl groups is 1. The van der Waals surface area contributed by atoms with Crippen molar-refractivity contribution in [3.8, 4) is 0 Å². The van der Waals surface area contributed by atoms with Crippen LogP contribution in [0.2, 0.25) is 5.02 Å². The maximum absolute atomic E-state index is 11.4. The summed E-state index contributed by atoms with van der Waals surface area (Å²) in [6.07, 6.45) is 0.731. The fraction of sp³-hybridized carbons (Fsp3) is 0.462. The molecule has 0 radical (unpaired) electrons. The number of carbonyl (C=O) groups excluding carboxylic acids is 1. The van der Waals surface area contributed by atoms with Crippen molar-refractivity contribution in [2.45, 2.75) is 6.42 Å². The Morgan fingerprint density at radius 3 is 2.79 bits per heavy atom. The fourth-order valence-electron chi connectivity index (χ4n) is 1.48. The summed E-state index contributed by atoms with van der Waals surface area (Å²) in [5.74, 6) is 0. The highest BCUT2D eigenvalue weighted by Crippen LogP contribution is 2.10. The maximum Gasteiger partial charge on any atom is 0.314 e. The molecule has 1 aromatic rings. The molecule has 1 aromatic carbocycles. The first-order valence-corrected chi connectivity index (χ1v) is 6.55. The summed E-state index contributed by atoms with van der Waals surface area (Å²) < 4.78 is 5.01. The third kappa shape index (κ3) is 7.66. The van der Waals surface area contributed by atoms with Gasteiger partial charge >= 0.3 is 6.03 Å². The predicted molar refractivity (Wildman–Crippen MR) is 74.5 cm³/mol. The standard InChI is InChI=1S/C13H19ClN2O3/c14-12-3-1-2-11(10-12)4-5-15-13(18)16-6-8-19-9-7-17/h1-3,10,17H,4-9H2,(H2,15,16,18). The topological polar surface area (TPSA) is 70.6 Å². The number of aliphatic hydroxyl groups excluding tert-OH is 1. The normalized spacial score (nSPS) is 10.2. The molecule has 0 bridgehead atoms. The van der Waals surface area contributed by atoms with E-state index in [1.165, 1.54) is 0 Å². The van der Waals surface area contributed by atoms with Gasteiger partial charge in [-0.2, -0.15) is 0 Å². The summed E-state index contributed by atoms with van der Waals surface area (Å²) >= 11 is 5.87. The summed E-state index contributed by atoms with van der Waals surface area (Å²) in [7, 11) is 0. The summed E-state index contributed by atoms with van der Waals surface area (Å²) in [6, 6.07) is 7.32. The number of ether oxygens (including phenoxy) is 1. The van der Waals surface area contributed by atoms with Gasteiger partial charge in [-0.1, -0.05) is 23.7 Å². The zero-order chi connectivity index (χ0) is 13.9. The molecule has 0 heterocycles. The predicted octanol–water partition coefficient (Wildman–Crippen LogP) is 1.19. The first-order chi connectivity index (χ1) is 9.22. The molecule has 0 aromatic heterocycles. The van der Waals surface area contributed by atoms with E-state index in [0.717, 1.165) is 12.0 Å². The highest BCUT2D eigenvalue weighted by atomic mass is 35.5. The first-order valence-electron chi connectivity index (χ1n) is 6.17. The number of hydrogen-bond donors (Lipinski definition) is 3. The third-order valence-electron chi connectivity index (χ3n) is 2.36. The van der Waals surface area contributed by atoms with Gasteiger partial charge in [0.05, 0.1) is 19.8 Å². The van der Waals surface area contributed by atoms with Crippen molar-refractivity contribution in [3.05, 3.63) is 34.9 Å². The van der Waals surface area contributed by atoms with Crippen LogP contribution >= 0.6 is 11.6 Å². The van der Waals surface area contributed by atoms with E-state index < -0.39 is 0 Å². The minimum Gasteiger partial charge on any atom is -0.394 e. The van der Waals surface area contributed by atoms with E-state index in [-0.39, 0.29) is 19.2 Å². The van der Waals surface area contributed by atoms with E-state index in [1.54, 1.807) is 0 Å². The largest absolute Gasteiger partial charge is 0.394 e. The highest BCUT2D eigenvalue weighted by Gasteiger charge is 1.99. The minimum atomic E-state index is -0.227.